The van der Waals surface area contributed by atoms with Crippen molar-refractivity contribution in [2.24, 2.45) is 4.99 Å². The van der Waals surface area contributed by atoms with E-state index in [0.29, 0.717) is 0 Å². The van der Waals surface area contributed by atoms with E-state index < -0.39 is 0 Å². The van der Waals surface area contributed by atoms with E-state index in [1.807, 2.05) is 13.1 Å². The number of likely N-dealkylation sites (tertiary alicyclic amines) is 1. The fourth-order valence-electron chi connectivity index (χ4n) is 4.10. The molecule has 2 aliphatic rings. The number of nitrogens with zero attached hydrogens (tertiary/aromatic N) is 4. The van der Waals surface area contributed by atoms with Crippen LogP contribution in [0.25, 0.3) is 0 Å². The van der Waals surface area contributed by atoms with Crippen molar-refractivity contribution in [2.75, 3.05) is 73.0 Å². The number of halogens is 1. The van der Waals surface area contributed by atoms with Crippen LogP contribution in [0.5, 0.6) is 0 Å². The summed E-state index contributed by atoms with van der Waals surface area (Å²) < 4.78 is 5.70. The fourth-order valence-corrected chi connectivity index (χ4v) is 4.10. The SMILES string of the molecule is CN=C(NCCCCN1CCN(C)CC1)NCC(c1ccco1)N1CCCC1.I. The smallest absolute Gasteiger partial charge is 0.191 e. The first-order chi connectivity index (χ1) is 13.8. The highest BCUT2D eigenvalue weighted by atomic mass is 127. The van der Waals surface area contributed by atoms with Gasteiger partial charge in [-0.2, -0.15) is 0 Å². The Labute approximate surface area is 193 Å². The second kappa shape index (κ2) is 13.5. The molecule has 2 N–H and O–H groups in total. The van der Waals surface area contributed by atoms with Crippen molar-refractivity contribution in [1.82, 2.24) is 25.3 Å². The van der Waals surface area contributed by atoms with Gasteiger partial charge in [0.15, 0.2) is 5.96 Å². The molecule has 2 fully saturated rings. The Balaban J connectivity index is 0.00000300. The Morgan fingerprint density at radius 2 is 1.86 bits per heavy atom. The Hall–Kier alpha value is -0.840. The number of likely N-dealkylation sites (N-methyl/N-ethyl adjacent to an activating group) is 1. The van der Waals surface area contributed by atoms with Gasteiger partial charge in [0.25, 0.3) is 0 Å². The van der Waals surface area contributed by atoms with Crippen molar-refractivity contribution in [3.63, 3.8) is 0 Å². The van der Waals surface area contributed by atoms with Crippen molar-refractivity contribution in [3.8, 4) is 0 Å². The lowest BCUT2D eigenvalue weighted by Crippen LogP contribution is -2.45. The number of nitrogens with one attached hydrogen (secondary N) is 2. The van der Waals surface area contributed by atoms with Crippen molar-refractivity contribution >= 4 is 29.9 Å². The van der Waals surface area contributed by atoms with Gasteiger partial charge in [-0.05, 0) is 64.5 Å². The van der Waals surface area contributed by atoms with Gasteiger partial charge in [-0.1, -0.05) is 0 Å². The molecule has 3 rings (SSSR count). The Bertz CT molecular complexity index is 568. The van der Waals surface area contributed by atoms with E-state index >= 15 is 0 Å². The fraction of sp³-hybridized carbons (Fsp3) is 0.762. The Kier molecular flexibility index (Phi) is 11.3. The van der Waals surface area contributed by atoms with E-state index in [1.165, 1.54) is 58.4 Å². The quantitative estimate of drug-likeness (QED) is 0.226. The molecule has 0 amide bonds. The molecule has 0 bridgehead atoms. The molecule has 0 saturated carbocycles. The van der Waals surface area contributed by atoms with E-state index in [-0.39, 0.29) is 30.0 Å². The lowest BCUT2D eigenvalue weighted by molar-refractivity contribution is 0.152. The molecule has 0 spiro atoms. The van der Waals surface area contributed by atoms with Crippen LogP contribution in [0.4, 0.5) is 0 Å². The predicted octanol–water partition coefficient (Wildman–Crippen LogP) is 2.23. The Morgan fingerprint density at radius 3 is 2.52 bits per heavy atom. The van der Waals surface area contributed by atoms with Crippen LogP contribution in [0.1, 0.15) is 37.5 Å². The third-order valence-corrected chi connectivity index (χ3v) is 5.93. The van der Waals surface area contributed by atoms with E-state index in [1.54, 1.807) is 6.26 Å². The lowest BCUT2D eigenvalue weighted by Gasteiger charge is -2.32. The molecular weight excluding hydrogens is 479 g/mol. The summed E-state index contributed by atoms with van der Waals surface area (Å²) in [4.78, 5) is 11.9. The summed E-state index contributed by atoms with van der Waals surface area (Å²) in [7, 11) is 4.05. The standard InChI is InChI=1S/C21H38N6O.HI/c1-22-21(23-9-3-4-10-26-15-13-25(2)14-16-26)24-18-19(20-8-7-17-28-20)27-11-5-6-12-27;/h7-8,17,19H,3-6,9-16,18H2,1-2H3,(H2,22,23,24);1H. The first-order valence-electron chi connectivity index (χ1n) is 10.9. The van der Waals surface area contributed by atoms with Gasteiger partial charge in [0, 0.05) is 46.3 Å². The van der Waals surface area contributed by atoms with Gasteiger partial charge >= 0.3 is 0 Å². The molecule has 1 atom stereocenters. The first kappa shape index (κ1) is 24.4. The molecule has 166 valence electrons. The van der Waals surface area contributed by atoms with Crippen molar-refractivity contribution < 1.29 is 4.42 Å². The van der Waals surface area contributed by atoms with Crippen molar-refractivity contribution in [3.05, 3.63) is 24.2 Å². The number of furan rings is 1. The maximum atomic E-state index is 5.70. The number of guanidine groups is 1. The van der Waals surface area contributed by atoms with Crippen LogP contribution in [0.2, 0.25) is 0 Å². The normalized spacial score (nSPS) is 20.4. The molecule has 2 saturated heterocycles. The third kappa shape index (κ3) is 8.07. The van der Waals surface area contributed by atoms with E-state index in [4.69, 9.17) is 4.42 Å². The molecule has 29 heavy (non-hydrogen) atoms. The van der Waals surface area contributed by atoms with E-state index in [2.05, 4.69) is 43.4 Å². The molecule has 1 aromatic heterocycles. The van der Waals surface area contributed by atoms with Crippen LogP contribution in [0.3, 0.4) is 0 Å². The molecule has 1 aromatic rings. The molecule has 7 nitrogen and oxygen atoms in total. The van der Waals surface area contributed by atoms with Crippen LogP contribution in [0.15, 0.2) is 27.8 Å². The van der Waals surface area contributed by atoms with Gasteiger partial charge in [-0.15, -0.1) is 24.0 Å². The van der Waals surface area contributed by atoms with Gasteiger partial charge in [-0.25, -0.2) is 0 Å². The zero-order valence-corrected chi connectivity index (χ0v) is 20.4. The number of rotatable bonds is 9. The van der Waals surface area contributed by atoms with Crippen LogP contribution in [-0.2, 0) is 0 Å². The highest BCUT2D eigenvalue weighted by molar-refractivity contribution is 14.0. The van der Waals surface area contributed by atoms with Gasteiger partial charge < -0.3 is 24.9 Å². The number of hydrogen-bond donors (Lipinski definition) is 2. The summed E-state index contributed by atoms with van der Waals surface area (Å²) in [5.74, 6) is 1.92. The average molecular weight is 518 g/mol. The van der Waals surface area contributed by atoms with Crippen molar-refractivity contribution in [2.45, 2.75) is 31.7 Å². The summed E-state index contributed by atoms with van der Waals surface area (Å²) in [5, 5.41) is 6.97. The van der Waals surface area contributed by atoms with Gasteiger partial charge in [0.1, 0.15) is 5.76 Å². The second-order valence-corrected chi connectivity index (χ2v) is 8.01. The van der Waals surface area contributed by atoms with Gasteiger partial charge in [0.2, 0.25) is 0 Å². The maximum absolute atomic E-state index is 5.70. The first-order valence-corrected chi connectivity index (χ1v) is 10.9. The largest absolute Gasteiger partial charge is 0.468 e. The van der Waals surface area contributed by atoms with E-state index in [9.17, 15) is 0 Å². The number of unbranched alkanes of at least 4 members (excludes halogenated alkanes) is 1. The van der Waals surface area contributed by atoms with Gasteiger partial charge in [-0.3, -0.25) is 9.89 Å². The highest BCUT2D eigenvalue weighted by Crippen LogP contribution is 2.24. The molecule has 3 heterocycles. The molecule has 8 heteroatoms. The molecule has 0 aliphatic carbocycles. The van der Waals surface area contributed by atoms with E-state index in [0.717, 1.165) is 37.9 Å². The maximum Gasteiger partial charge on any atom is 0.191 e. The minimum absolute atomic E-state index is 0. The topological polar surface area (TPSA) is 59.3 Å². The summed E-state index contributed by atoms with van der Waals surface area (Å²) in [6.45, 7) is 10.1. The predicted molar refractivity (Wildman–Crippen MR) is 130 cm³/mol. The number of hydrogen-bond acceptors (Lipinski definition) is 5. The van der Waals surface area contributed by atoms with Crippen LogP contribution < -0.4 is 10.6 Å². The van der Waals surface area contributed by atoms with Crippen molar-refractivity contribution in [1.29, 1.82) is 0 Å². The monoisotopic (exact) mass is 518 g/mol. The summed E-state index contributed by atoms with van der Waals surface area (Å²) in [6, 6.07) is 4.33. The summed E-state index contributed by atoms with van der Waals surface area (Å²) >= 11 is 0. The number of aliphatic imine (C=N–C) groups is 1. The third-order valence-electron chi connectivity index (χ3n) is 5.93. The summed E-state index contributed by atoms with van der Waals surface area (Å²) in [5.41, 5.74) is 0. The van der Waals surface area contributed by atoms with Gasteiger partial charge in [0.05, 0.1) is 12.3 Å². The average Bonchev–Trinajstić information content (AvgIpc) is 3.42. The minimum atomic E-state index is 0. The molecule has 2 aliphatic heterocycles. The highest BCUT2D eigenvalue weighted by Gasteiger charge is 2.25. The zero-order valence-electron chi connectivity index (χ0n) is 18.1. The zero-order chi connectivity index (χ0) is 19.6. The lowest BCUT2D eigenvalue weighted by atomic mass is 10.2. The molecule has 0 aromatic carbocycles. The van der Waals surface area contributed by atoms with Crippen LogP contribution in [0, 0.1) is 0 Å². The molecule has 1 unspecified atom stereocenters. The van der Waals surface area contributed by atoms with Crippen LogP contribution in [-0.4, -0.2) is 93.7 Å². The van der Waals surface area contributed by atoms with Crippen LogP contribution >= 0.6 is 24.0 Å². The number of piperazine rings is 1. The molecule has 0 radical (unpaired) electrons. The summed E-state index contributed by atoms with van der Waals surface area (Å²) in [6.07, 6.45) is 6.72. The molecular formula is C21H39IN6O. The second-order valence-electron chi connectivity index (χ2n) is 8.01. The Morgan fingerprint density at radius 1 is 1.10 bits per heavy atom. The minimum Gasteiger partial charge on any atom is -0.468 e.